The zero-order valence-corrected chi connectivity index (χ0v) is 9.98. The van der Waals surface area contributed by atoms with Crippen LogP contribution in [0, 0.1) is 0 Å². The number of hydrogen-bond acceptors (Lipinski definition) is 5. The molecule has 1 fully saturated rings. The highest BCUT2D eigenvalue weighted by atomic mass is 16.5. The van der Waals surface area contributed by atoms with Crippen molar-refractivity contribution < 1.29 is 4.74 Å². The summed E-state index contributed by atoms with van der Waals surface area (Å²) in [6.45, 7) is 6.55. The van der Waals surface area contributed by atoms with Gasteiger partial charge >= 0.3 is 0 Å². The van der Waals surface area contributed by atoms with Crippen molar-refractivity contribution in [1.82, 2.24) is 14.9 Å². The predicted octanol–water partition coefficient (Wildman–Crippen LogP) is -0.0975. The molecule has 2 heterocycles. The van der Waals surface area contributed by atoms with Crippen molar-refractivity contribution in [2.45, 2.75) is 13.0 Å². The van der Waals surface area contributed by atoms with Gasteiger partial charge in [-0.05, 0) is 6.92 Å². The second-order valence-corrected chi connectivity index (χ2v) is 4.25. The maximum atomic E-state index is 11.1. The molecule has 1 unspecified atom stereocenters. The number of morpholine rings is 1. The number of nitrogens with zero attached hydrogens (tertiary/aromatic N) is 2. The van der Waals surface area contributed by atoms with Crippen LogP contribution in [0.15, 0.2) is 17.2 Å². The highest BCUT2D eigenvalue weighted by Crippen LogP contribution is 2.03. The Morgan fingerprint density at radius 1 is 1.59 bits per heavy atom. The number of anilines is 1. The molecule has 6 nitrogen and oxygen atoms in total. The highest BCUT2D eigenvalue weighted by molar-refractivity contribution is 5.32. The molecule has 1 aromatic rings. The Balaban J connectivity index is 1.84. The van der Waals surface area contributed by atoms with Gasteiger partial charge in [-0.15, -0.1) is 0 Å². The molecule has 1 aromatic heterocycles. The largest absolute Gasteiger partial charge is 0.379 e. The molecule has 1 aliphatic rings. The van der Waals surface area contributed by atoms with Crippen LogP contribution in [-0.2, 0) is 4.74 Å². The minimum absolute atomic E-state index is 0.138. The van der Waals surface area contributed by atoms with E-state index in [0.717, 1.165) is 32.8 Å². The van der Waals surface area contributed by atoms with Crippen LogP contribution in [0.2, 0.25) is 0 Å². The first-order valence-corrected chi connectivity index (χ1v) is 5.85. The Morgan fingerprint density at radius 3 is 3.06 bits per heavy atom. The molecular formula is C11H18N4O2. The van der Waals surface area contributed by atoms with Crippen molar-refractivity contribution in [2.75, 3.05) is 38.2 Å². The van der Waals surface area contributed by atoms with Gasteiger partial charge in [-0.25, -0.2) is 4.98 Å². The maximum absolute atomic E-state index is 11.1. The lowest BCUT2D eigenvalue weighted by atomic mass is 10.3. The van der Waals surface area contributed by atoms with Crippen LogP contribution < -0.4 is 10.9 Å². The van der Waals surface area contributed by atoms with Gasteiger partial charge in [0.25, 0.3) is 5.56 Å². The lowest BCUT2D eigenvalue weighted by Gasteiger charge is -2.29. The molecule has 2 rings (SSSR count). The third-order valence-electron chi connectivity index (χ3n) is 2.71. The summed E-state index contributed by atoms with van der Waals surface area (Å²) in [6.07, 6.45) is 1.41. The van der Waals surface area contributed by atoms with E-state index >= 15 is 0 Å². The monoisotopic (exact) mass is 238 g/mol. The van der Waals surface area contributed by atoms with Crippen LogP contribution in [-0.4, -0.2) is 53.8 Å². The van der Waals surface area contributed by atoms with Gasteiger partial charge < -0.3 is 15.0 Å². The Hall–Kier alpha value is -1.40. The third-order valence-corrected chi connectivity index (χ3v) is 2.71. The van der Waals surface area contributed by atoms with Gasteiger partial charge in [0, 0.05) is 31.7 Å². The van der Waals surface area contributed by atoms with Crippen LogP contribution in [0.5, 0.6) is 0 Å². The Kier molecular flexibility index (Phi) is 4.11. The average molecular weight is 238 g/mol. The van der Waals surface area contributed by atoms with Gasteiger partial charge in [-0.3, -0.25) is 9.69 Å². The van der Waals surface area contributed by atoms with Gasteiger partial charge in [0.15, 0.2) is 0 Å². The van der Waals surface area contributed by atoms with Crippen molar-refractivity contribution in [2.24, 2.45) is 0 Å². The molecule has 0 aliphatic carbocycles. The number of rotatable bonds is 4. The fourth-order valence-corrected chi connectivity index (χ4v) is 1.92. The molecule has 0 aromatic carbocycles. The van der Waals surface area contributed by atoms with E-state index in [9.17, 15) is 4.79 Å². The van der Waals surface area contributed by atoms with E-state index < -0.39 is 0 Å². The van der Waals surface area contributed by atoms with E-state index in [1.807, 2.05) is 0 Å². The molecule has 0 spiro atoms. The third kappa shape index (κ3) is 3.83. The first-order valence-electron chi connectivity index (χ1n) is 5.85. The Labute approximate surface area is 100 Å². The molecule has 1 saturated heterocycles. The summed E-state index contributed by atoms with van der Waals surface area (Å²) in [5.74, 6) is 0.620. The number of aromatic amines is 1. The van der Waals surface area contributed by atoms with Crippen LogP contribution in [0.4, 0.5) is 5.82 Å². The van der Waals surface area contributed by atoms with Crippen LogP contribution in [0.3, 0.4) is 0 Å². The molecule has 1 aliphatic heterocycles. The van der Waals surface area contributed by atoms with E-state index in [-0.39, 0.29) is 11.6 Å². The lowest BCUT2D eigenvalue weighted by Crippen LogP contribution is -2.42. The molecule has 1 atom stereocenters. The molecule has 0 amide bonds. The minimum atomic E-state index is -0.138. The summed E-state index contributed by atoms with van der Waals surface area (Å²) in [6, 6.07) is 1.72. The van der Waals surface area contributed by atoms with Crippen molar-refractivity contribution in [3.05, 3.63) is 22.7 Å². The minimum Gasteiger partial charge on any atom is -0.379 e. The van der Waals surface area contributed by atoms with Crippen LogP contribution >= 0.6 is 0 Å². The van der Waals surface area contributed by atoms with E-state index in [1.165, 1.54) is 12.4 Å². The summed E-state index contributed by atoms with van der Waals surface area (Å²) in [5, 5.41) is 3.22. The topological polar surface area (TPSA) is 70.2 Å². The fourth-order valence-electron chi connectivity index (χ4n) is 1.92. The normalized spacial score (nSPS) is 18.9. The number of ether oxygens (including phenoxy) is 1. The number of hydrogen-bond donors (Lipinski definition) is 2. The Morgan fingerprint density at radius 2 is 2.35 bits per heavy atom. The van der Waals surface area contributed by atoms with Crippen molar-refractivity contribution >= 4 is 5.82 Å². The first kappa shape index (κ1) is 12.1. The Bertz CT molecular complexity index is 400. The molecule has 0 saturated carbocycles. The molecule has 94 valence electrons. The average Bonchev–Trinajstić information content (AvgIpc) is 2.30. The van der Waals surface area contributed by atoms with E-state index in [2.05, 4.69) is 27.1 Å². The van der Waals surface area contributed by atoms with Crippen LogP contribution in [0.1, 0.15) is 6.92 Å². The second kappa shape index (κ2) is 5.79. The molecule has 0 bridgehead atoms. The summed E-state index contributed by atoms with van der Waals surface area (Å²) in [5.41, 5.74) is -0.138. The molecular weight excluding hydrogens is 220 g/mol. The van der Waals surface area contributed by atoms with Crippen molar-refractivity contribution in [3.63, 3.8) is 0 Å². The SMILES string of the molecule is CC(CN1CCOCC1)Nc1cc(=O)[nH]cn1. The van der Waals surface area contributed by atoms with Gasteiger partial charge in [-0.1, -0.05) is 0 Å². The van der Waals surface area contributed by atoms with E-state index in [1.54, 1.807) is 0 Å². The van der Waals surface area contributed by atoms with Crippen molar-refractivity contribution in [1.29, 1.82) is 0 Å². The van der Waals surface area contributed by atoms with Gasteiger partial charge in [0.2, 0.25) is 0 Å². The zero-order chi connectivity index (χ0) is 12.1. The molecule has 0 radical (unpaired) electrons. The summed E-state index contributed by atoms with van der Waals surface area (Å²) >= 11 is 0. The highest BCUT2D eigenvalue weighted by Gasteiger charge is 2.13. The van der Waals surface area contributed by atoms with Gasteiger partial charge in [0.05, 0.1) is 19.5 Å². The smallest absolute Gasteiger partial charge is 0.252 e. The second-order valence-electron chi connectivity index (χ2n) is 4.25. The van der Waals surface area contributed by atoms with E-state index in [0.29, 0.717) is 5.82 Å². The van der Waals surface area contributed by atoms with Gasteiger partial charge in [-0.2, -0.15) is 0 Å². The number of nitrogens with one attached hydrogen (secondary N) is 2. The summed E-state index contributed by atoms with van der Waals surface area (Å²) in [7, 11) is 0. The van der Waals surface area contributed by atoms with Crippen molar-refractivity contribution in [3.8, 4) is 0 Å². The van der Waals surface area contributed by atoms with Gasteiger partial charge in [0.1, 0.15) is 5.82 Å². The number of aromatic nitrogens is 2. The fraction of sp³-hybridized carbons (Fsp3) is 0.636. The molecule has 17 heavy (non-hydrogen) atoms. The predicted molar refractivity (Wildman–Crippen MR) is 65.2 cm³/mol. The van der Waals surface area contributed by atoms with Crippen LogP contribution in [0.25, 0.3) is 0 Å². The first-order chi connectivity index (χ1) is 8.24. The lowest BCUT2D eigenvalue weighted by molar-refractivity contribution is 0.0368. The standard InChI is InChI=1S/C11H18N4O2/c1-9(7-15-2-4-17-5-3-15)14-10-6-11(16)13-8-12-10/h6,8-9H,2-5,7H2,1H3,(H2,12,13,14,16). The van der Waals surface area contributed by atoms with E-state index in [4.69, 9.17) is 4.74 Å². The summed E-state index contributed by atoms with van der Waals surface area (Å²) in [4.78, 5) is 20.0. The maximum Gasteiger partial charge on any atom is 0.252 e. The quantitative estimate of drug-likeness (QED) is 0.766. The zero-order valence-electron chi connectivity index (χ0n) is 9.98. The molecule has 2 N–H and O–H groups in total. The number of H-pyrrole nitrogens is 1. The summed E-state index contributed by atoms with van der Waals surface area (Å²) < 4.78 is 5.30. The molecule has 6 heteroatoms.